The van der Waals surface area contributed by atoms with Crippen LogP contribution in [0.1, 0.15) is 52.4 Å². The Bertz CT molecular complexity index is 251. The smallest absolute Gasteiger partial charge is 0.367 e. The van der Waals surface area contributed by atoms with Gasteiger partial charge in [-0.1, -0.05) is 12.8 Å². The summed E-state index contributed by atoms with van der Waals surface area (Å²) in [5, 5.41) is 0. The molecule has 0 unspecified atom stereocenters. The molecule has 2 rings (SSSR count). The molecular weight excluding hydrogens is 280 g/mol. The third kappa shape index (κ3) is 5.64. The fourth-order valence-corrected chi connectivity index (χ4v) is 7.31. The van der Waals surface area contributed by atoms with E-state index < -0.39 is 8.56 Å². The first-order valence-corrected chi connectivity index (χ1v) is 11.2. The van der Waals surface area contributed by atoms with Crippen LogP contribution in [0.5, 0.6) is 0 Å². The molecule has 2 saturated heterocycles. The van der Waals surface area contributed by atoms with E-state index in [4.69, 9.17) is 8.85 Å². The van der Waals surface area contributed by atoms with Crippen LogP contribution in [0.25, 0.3) is 0 Å². The molecule has 0 bridgehead atoms. The molecule has 0 saturated carbocycles. The van der Waals surface area contributed by atoms with E-state index in [0.717, 1.165) is 25.5 Å². The number of hydrogen-bond acceptors (Lipinski definition) is 4. The Morgan fingerprint density at radius 2 is 1.05 bits per heavy atom. The van der Waals surface area contributed by atoms with Gasteiger partial charge in [0, 0.05) is 25.5 Å². The first-order valence-electron chi connectivity index (χ1n) is 9.00. The molecule has 2 aliphatic heterocycles. The minimum absolute atomic E-state index is 0.786. The molecule has 124 valence electrons. The zero-order valence-corrected chi connectivity index (χ0v) is 15.1. The highest BCUT2D eigenvalue weighted by atomic mass is 28.4. The first-order chi connectivity index (χ1) is 10.3. The highest BCUT2D eigenvalue weighted by molar-refractivity contribution is 6.67. The van der Waals surface area contributed by atoms with E-state index in [1.165, 1.54) is 64.7 Å². The summed E-state index contributed by atoms with van der Waals surface area (Å²) < 4.78 is 12.6. The van der Waals surface area contributed by atoms with Gasteiger partial charge in [-0.15, -0.1) is 0 Å². The van der Waals surface area contributed by atoms with E-state index in [2.05, 4.69) is 23.6 Å². The fraction of sp³-hybridized carbons (Fsp3) is 1.00. The Kier molecular flexibility index (Phi) is 7.67. The van der Waals surface area contributed by atoms with Crippen LogP contribution in [0.15, 0.2) is 0 Å². The van der Waals surface area contributed by atoms with Gasteiger partial charge in [0.05, 0.1) is 0 Å². The highest BCUT2D eigenvalue weighted by Gasteiger charge is 2.41. The fourth-order valence-electron chi connectivity index (χ4n) is 3.72. The Balaban J connectivity index is 1.98. The maximum absolute atomic E-state index is 6.31. The largest absolute Gasteiger partial charge is 0.393 e. The van der Waals surface area contributed by atoms with E-state index in [-0.39, 0.29) is 0 Å². The minimum atomic E-state index is -2.12. The molecule has 2 heterocycles. The van der Waals surface area contributed by atoms with Gasteiger partial charge in [0.15, 0.2) is 0 Å². The van der Waals surface area contributed by atoms with Gasteiger partial charge in [-0.2, -0.15) is 0 Å². The molecule has 0 aromatic heterocycles. The molecule has 2 aliphatic rings. The Morgan fingerprint density at radius 3 is 1.38 bits per heavy atom. The van der Waals surface area contributed by atoms with Crippen LogP contribution in [0.3, 0.4) is 0 Å². The predicted octanol–water partition coefficient (Wildman–Crippen LogP) is 2.55. The lowest BCUT2D eigenvalue weighted by Crippen LogP contribution is -2.61. The van der Waals surface area contributed by atoms with Crippen molar-refractivity contribution in [3.05, 3.63) is 0 Å². The van der Waals surface area contributed by atoms with Gasteiger partial charge in [0.25, 0.3) is 0 Å². The molecule has 0 atom stereocenters. The van der Waals surface area contributed by atoms with Crippen molar-refractivity contribution in [2.24, 2.45) is 0 Å². The first kappa shape index (κ1) is 17.4. The molecular formula is C16H34N2O2Si. The third-order valence-electron chi connectivity index (χ3n) is 4.64. The van der Waals surface area contributed by atoms with Crippen molar-refractivity contribution in [2.75, 3.05) is 51.7 Å². The van der Waals surface area contributed by atoms with E-state index in [0.29, 0.717) is 0 Å². The summed E-state index contributed by atoms with van der Waals surface area (Å²) in [6.45, 7) is 10.7. The number of nitrogens with zero attached hydrogens (tertiary/aromatic N) is 2. The second kappa shape index (κ2) is 9.25. The molecule has 2 fully saturated rings. The van der Waals surface area contributed by atoms with Crippen LogP contribution in [0, 0.1) is 0 Å². The quantitative estimate of drug-likeness (QED) is 0.643. The summed E-state index contributed by atoms with van der Waals surface area (Å²) in [6.07, 6.45) is 10.3. The number of hydrogen-bond donors (Lipinski definition) is 0. The predicted molar refractivity (Wildman–Crippen MR) is 89.6 cm³/mol. The van der Waals surface area contributed by atoms with Gasteiger partial charge in [-0.25, -0.2) is 0 Å². The summed E-state index contributed by atoms with van der Waals surface area (Å²) in [6, 6.07) is 0. The SMILES string of the molecule is CCO[Si](CN1CCCCC1)(CN1CCCCC1)OCC. The Labute approximate surface area is 132 Å². The lowest BCUT2D eigenvalue weighted by atomic mass is 10.1. The maximum atomic E-state index is 6.31. The normalized spacial score (nSPS) is 22.6. The average Bonchev–Trinajstić information content (AvgIpc) is 2.50. The molecule has 0 aliphatic carbocycles. The lowest BCUT2D eigenvalue weighted by Gasteiger charge is -2.40. The molecule has 0 aromatic rings. The molecule has 0 radical (unpaired) electrons. The van der Waals surface area contributed by atoms with Gasteiger partial charge in [0.2, 0.25) is 0 Å². The van der Waals surface area contributed by atoms with Crippen LogP contribution in [0.4, 0.5) is 0 Å². The second-order valence-electron chi connectivity index (χ2n) is 6.45. The molecule has 4 nitrogen and oxygen atoms in total. The zero-order chi connectivity index (χ0) is 15.0. The molecule has 0 amide bonds. The van der Waals surface area contributed by atoms with Gasteiger partial charge < -0.3 is 18.7 Å². The summed E-state index contributed by atoms with van der Waals surface area (Å²) in [7, 11) is -2.12. The molecule has 0 aromatic carbocycles. The van der Waals surface area contributed by atoms with Crippen LogP contribution in [-0.2, 0) is 8.85 Å². The van der Waals surface area contributed by atoms with Gasteiger partial charge in [-0.05, 0) is 65.7 Å². The Hall–Kier alpha value is 0.0569. The molecule has 21 heavy (non-hydrogen) atoms. The van der Waals surface area contributed by atoms with Gasteiger partial charge in [0.1, 0.15) is 0 Å². The molecule has 0 N–H and O–H groups in total. The van der Waals surface area contributed by atoms with Crippen LogP contribution < -0.4 is 0 Å². The summed E-state index contributed by atoms with van der Waals surface area (Å²) in [5.74, 6) is 0. The summed E-state index contributed by atoms with van der Waals surface area (Å²) in [4.78, 5) is 5.20. The zero-order valence-electron chi connectivity index (χ0n) is 14.1. The van der Waals surface area contributed by atoms with Gasteiger partial charge in [-0.3, -0.25) is 0 Å². The molecule has 5 heteroatoms. The van der Waals surface area contributed by atoms with Crippen molar-refractivity contribution >= 4 is 8.56 Å². The van der Waals surface area contributed by atoms with E-state index in [1.54, 1.807) is 0 Å². The lowest BCUT2D eigenvalue weighted by molar-refractivity contribution is 0.128. The minimum Gasteiger partial charge on any atom is -0.393 e. The maximum Gasteiger partial charge on any atom is 0.367 e. The highest BCUT2D eigenvalue weighted by Crippen LogP contribution is 2.19. The van der Waals surface area contributed by atoms with Crippen molar-refractivity contribution in [2.45, 2.75) is 52.4 Å². The van der Waals surface area contributed by atoms with Crippen molar-refractivity contribution in [1.82, 2.24) is 9.80 Å². The number of piperidine rings is 2. The van der Waals surface area contributed by atoms with Crippen molar-refractivity contribution in [3.8, 4) is 0 Å². The van der Waals surface area contributed by atoms with Crippen LogP contribution in [0.2, 0.25) is 0 Å². The average molecular weight is 315 g/mol. The van der Waals surface area contributed by atoms with E-state index in [9.17, 15) is 0 Å². The standard InChI is InChI=1S/C16H34N2O2Si/c1-3-19-21(20-4-2,15-17-11-7-5-8-12-17)16-18-13-9-6-10-14-18/h3-16H2,1-2H3. The van der Waals surface area contributed by atoms with Gasteiger partial charge >= 0.3 is 8.56 Å². The number of rotatable bonds is 8. The monoisotopic (exact) mass is 314 g/mol. The van der Waals surface area contributed by atoms with Crippen molar-refractivity contribution in [1.29, 1.82) is 0 Å². The third-order valence-corrected chi connectivity index (χ3v) is 8.13. The number of likely N-dealkylation sites (tertiary alicyclic amines) is 2. The Morgan fingerprint density at radius 1 is 0.667 bits per heavy atom. The molecule has 0 spiro atoms. The van der Waals surface area contributed by atoms with Crippen LogP contribution in [-0.4, -0.2) is 70.1 Å². The topological polar surface area (TPSA) is 24.9 Å². The van der Waals surface area contributed by atoms with Crippen LogP contribution >= 0.6 is 0 Å². The van der Waals surface area contributed by atoms with Crippen molar-refractivity contribution < 1.29 is 8.85 Å². The van der Waals surface area contributed by atoms with E-state index >= 15 is 0 Å². The summed E-state index contributed by atoms with van der Waals surface area (Å²) in [5.41, 5.74) is 0. The summed E-state index contributed by atoms with van der Waals surface area (Å²) >= 11 is 0. The van der Waals surface area contributed by atoms with E-state index in [1.807, 2.05) is 0 Å². The second-order valence-corrected chi connectivity index (χ2v) is 9.48. The van der Waals surface area contributed by atoms with Crippen molar-refractivity contribution in [3.63, 3.8) is 0 Å².